The van der Waals surface area contributed by atoms with Gasteiger partial charge in [-0.2, -0.15) is 4.91 Å². The minimum atomic E-state index is 0.535. The Balaban J connectivity index is -0.0000000340. The van der Waals surface area contributed by atoms with Gasteiger partial charge in [0.2, 0.25) is 0 Å². The summed E-state index contributed by atoms with van der Waals surface area (Å²) < 4.78 is 0. The van der Waals surface area contributed by atoms with E-state index < -0.39 is 0 Å². The summed E-state index contributed by atoms with van der Waals surface area (Å²) in [5, 5.41) is 44.3. The van der Waals surface area contributed by atoms with Gasteiger partial charge >= 0.3 is 0 Å². The van der Waals surface area contributed by atoms with Crippen molar-refractivity contribution in [2.45, 2.75) is 61.8 Å². The van der Waals surface area contributed by atoms with Crippen molar-refractivity contribution in [2.24, 2.45) is 16.1 Å². The highest BCUT2D eigenvalue weighted by atomic mass is 15.5. The molecular formula is C17H44N14. The van der Waals surface area contributed by atoms with Crippen LogP contribution in [-0.4, -0.2) is 55.6 Å². The van der Waals surface area contributed by atoms with E-state index in [-0.39, 0.29) is 0 Å². The van der Waals surface area contributed by atoms with Gasteiger partial charge in [-0.05, 0) is 70.2 Å². The predicted octanol–water partition coefficient (Wildman–Crippen LogP) is 6.05. The summed E-state index contributed by atoms with van der Waals surface area (Å²) in [5.41, 5.74) is 19.7. The van der Waals surface area contributed by atoms with Gasteiger partial charge in [0.15, 0.2) is 6.34 Å². The highest BCUT2D eigenvalue weighted by Crippen LogP contribution is 1.80. The van der Waals surface area contributed by atoms with Crippen molar-refractivity contribution in [1.82, 2.24) is 5.01 Å². The third-order valence-corrected chi connectivity index (χ3v) is 0.833. The van der Waals surface area contributed by atoms with Crippen LogP contribution in [-0.2, 0) is 0 Å². The van der Waals surface area contributed by atoms with Gasteiger partial charge in [-0.25, -0.2) is 5.01 Å². The van der Waals surface area contributed by atoms with Crippen LogP contribution in [0.1, 0.15) is 61.8 Å². The molecule has 0 amide bonds. The summed E-state index contributed by atoms with van der Waals surface area (Å²) in [4.78, 5) is 4.96. The van der Waals surface area contributed by atoms with E-state index in [0.29, 0.717) is 13.1 Å². The van der Waals surface area contributed by atoms with Crippen LogP contribution in [0.15, 0.2) is 10.3 Å². The Hall–Kier alpha value is -3.76. The van der Waals surface area contributed by atoms with Crippen molar-refractivity contribution in [3.05, 3.63) is 20.9 Å². The van der Waals surface area contributed by atoms with Crippen LogP contribution in [0.25, 0.3) is 20.9 Å². The second-order valence-corrected chi connectivity index (χ2v) is 3.64. The number of nitrogens with zero attached hydrogens (tertiary/aromatic N) is 7. The van der Waals surface area contributed by atoms with Gasteiger partial charge in [-0.15, -0.1) is 5.53 Å². The average Bonchev–Trinajstić information content (AvgIpc) is 2.71. The minimum absolute atomic E-state index is 0.535. The second kappa shape index (κ2) is 112. The van der Waals surface area contributed by atoms with E-state index in [4.69, 9.17) is 43.5 Å². The molecular weight excluding hydrogens is 400 g/mol. The van der Waals surface area contributed by atoms with E-state index >= 15 is 0 Å². The van der Waals surface area contributed by atoms with Crippen LogP contribution in [0.2, 0.25) is 0 Å². The SMILES string of the molecule is CC=N.CC=N.CC=N.CC=N.CCC.CCN(C=N)N=[N+]=[N-].CCN=[N+]=[N-].N=CN. The Kier molecular flexibility index (Phi) is 182. The molecule has 0 unspecified atom stereocenters. The van der Waals surface area contributed by atoms with E-state index in [1.165, 1.54) is 36.3 Å². The molecule has 182 valence electrons. The third kappa shape index (κ3) is 562. The van der Waals surface area contributed by atoms with E-state index in [2.05, 4.69) is 39.7 Å². The monoisotopic (exact) mass is 444 g/mol. The summed E-state index contributed by atoms with van der Waals surface area (Å²) in [6.45, 7) is 15.6. The Morgan fingerprint density at radius 2 is 1.03 bits per heavy atom. The fourth-order valence-corrected chi connectivity index (χ4v) is 0.295. The van der Waals surface area contributed by atoms with Gasteiger partial charge in [0.25, 0.3) is 0 Å². The lowest BCUT2D eigenvalue weighted by molar-refractivity contribution is 0.474. The molecule has 0 aromatic rings. The molecule has 0 spiro atoms. The molecule has 14 nitrogen and oxygen atoms in total. The van der Waals surface area contributed by atoms with E-state index in [1.54, 1.807) is 41.5 Å². The first-order valence-corrected chi connectivity index (χ1v) is 9.09. The maximum atomic E-state index is 7.81. The third-order valence-electron chi connectivity index (χ3n) is 0.833. The molecule has 0 aromatic carbocycles. The maximum Gasteiger partial charge on any atom is 0.178 e. The molecule has 0 aliphatic heterocycles. The molecule has 0 aliphatic carbocycles. The standard InChI is InChI=1S/C3H7N5.C3H8.C2H5N3.4C2H5N.CH4N2/c1-2-8(3-4)7-6-5;1-3-2;1-2-4-5-3;4*1-2-3;2-1-3/h3-4H,2H2,1H3;3H2,1-2H3;2H2,1H3;4*2-3H,1H3;1H,(H3,2,3). The van der Waals surface area contributed by atoms with E-state index in [1.807, 2.05) is 0 Å². The van der Waals surface area contributed by atoms with Gasteiger partial charge in [0, 0.05) is 11.5 Å². The zero-order valence-corrected chi connectivity index (χ0v) is 20.3. The first kappa shape index (κ1) is 50.7. The molecule has 0 heterocycles. The molecule has 0 saturated heterocycles. The van der Waals surface area contributed by atoms with Gasteiger partial charge < -0.3 is 27.4 Å². The zero-order chi connectivity index (χ0) is 26.8. The number of rotatable bonds is 4. The van der Waals surface area contributed by atoms with Crippen molar-refractivity contribution in [2.75, 3.05) is 13.1 Å². The van der Waals surface area contributed by atoms with Crippen LogP contribution >= 0.6 is 0 Å². The summed E-state index contributed by atoms with van der Waals surface area (Å²) in [6.07, 6.45) is 7.97. The summed E-state index contributed by atoms with van der Waals surface area (Å²) in [6, 6.07) is 0. The Morgan fingerprint density at radius 1 is 0.774 bits per heavy atom. The molecule has 14 heteroatoms. The smallest absolute Gasteiger partial charge is 0.178 e. The van der Waals surface area contributed by atoms with Crippen LogP contribution in [0, 0.1) is 32.5 Å². The van der Waals surface area contributed by atoms with Gasteiger partial charge in [0.05, 0.1) is 12.9 Å². The van der Waals surface area contributed by atoms with Gasteiger partial charge in [-0.3, -0.25) is 10.8 Å². The lowest BCUT2D eigenvalue weighted by Crippen LogP contribution is -2.11. The van der Waals surface area contributed by atoms with Crippen LogP contribution < -0.4 is 5.73 Å². The topological polar surface area (TPSA) is 270 Å². The van der Waals surface area contributed by atoms with Crippen molar-refractivity contribution < 1.29 is 0 Å². The highest BCUT2D eigenvalue weighted by Gasteiger charge is 1.89. The number of nitrogens with two attached hydrogens (primary N) is 1. The van der Waals surface area contributed by atoms with E-state index in [0.717, 1.165) is 12.7 Å². The summed E-state index contributed by atoms with van der Waals surface area (Å²) in [5.74, 6) is 0. The molecule has 0 aliphatic rings. The molecule has 0 fully saturated rings. The fraction of sp³-hybridized carbons (Fsp3) is 0.647. The molecule has 31 heavy (non-hydrogen) atoms. The second-order valence-electron chi connectivity index (χ2n) is 3.64. The normalized spacial score (nSPS) is 5.42. The number of hydrogen-bond acceptors (Lipinski definition) is 8. The maximum absolute atomic E-state index is 7.81. The van der Waals surface area contributed by atoms with Crippen LogP contribution in [0.5, 0.6) is 0 Å². The van der Waals surface area contributed by atoms with Crippen molar-refractivity contribution in [1.29, 1.82) is 32.5 Å². The predicted molar refractivity (Wildman–Crippen MR) is 137 cm³/mol. The molecule has 0 atom stereocenters. The summed E-state index contributed by atoms with van der Waals surface area (Å²) in [7, 11) is 0. The Labute approximate surface area is 187 Å². The first-order chi connectivity index (χ1) is 14.7. The molecule has 8 N–H and O–H groups in total. The molecule has 0 rings (SSSR count). The largest absolute Gasteiger partial charge is 0.390 e. The average molecular weight is 445 g/mol. The Bertz CT molecular complexity index is 390. The number of hydrogen-bond donors (Lipinski definition) is 7. The quantitative estimate of drug-likeness (QED) is 0.0680. The van der Waals surface area contributed by atoms with Gasteiger partial charge in [0.1, 0.15) is 0 Å². The van der Waals surface area contributed by atoms with Crippen LogP contribution in [0.3, 0.4) is 0 Å². The molecule has 0 radical (unpaired) electrons. The van der Waals surface area contributed by atoms with Gasteiger partial charge in [-0.1, -0.05) is 32.3 Å². The van der Waals surface area contributed by atoms with Crippen molar-refractivity contribution >= 4 is 37.5 Å². The van der Waals surface area contributed by atoms with E-state index in [9.17, 15) is 0 Å². The zero-order valence-electron chi connectivity index (χ0n) is 20.3. The lowest BCUT2D eigenvalue weighted by atomic mass is 10.6. The number of azide groups is 2. The molecule has 0 saturated carbocycles. The first-order valence-electron chi connectivity index (χ1n) is 9.09. The summed E-state index contributed by atoms with van der Waals surface area (Å²) >= 11 is 0. The molecule has 0 aromatic heterocycles. The molecule has 0 bridgehead atoms. The fourth-order valence-electron chi connectivity index (χ4n) is 0.295. The van der Waals surface area contributed by atoms with Crippen molar-refractivity contribution in [3.63, 3.8) is 0 Å². The Morgan fingerprint density at radius 3 is 1.06 bits per heavy atom. The number of nitrogens with one attached hydrogen (secondary N) is 6. The lowest BCUT2D eigenvalue weighted by Gasteiger charge is -1.98. The van der Waals surface area contributed by atoms with Crippen molar-refractivity contribution in [3.8, 4) is 0 Å². The highest BCUT2D eigenvalue weighted by molar-refractivity contribution is 5.49. The van der Waals surface area contributed by atoms with Crippen LogP contribution in [0.4, 0.5) is 0 Å². The minimum Gasteiger partial charge on any atom is -0.390 e.